The van der Waals surface area contributed by atoms with Crippen LogP contribution < -0.4 is 4.90 Å². The minimum atomic E-state index is 0.389. The van der Waals surface area contributed by atoms with Crippen LogP contribution in [0.25, 0.3) is 11.2 Å². The molecule has 24 heavy (non-hydrogen) atoms. The molecule has 2 atom stereocenters. The molecule has 0 saturated carbocycles. The number of rotatable bonds is 4. The number of fused-ring (bicyclic) bond motifs is 1. The number of anilines is 1. The highest BCUT2D eigenvalue weighted by Gasteiger charge is 2.34. The molecular formula is C17H21N7. The van der Waals surface area contributed by atoms with Crippen LogP contribution in [-0.2, 0) is 0 Å². The topological polar surface area (TPSA) is 73.8 Å². The second kappa shape index (κ2) is 6.16. The number of aromatic amines is 1. The van der Waals surface area contributed by atoms with E-state index in [1.54, 1.807) is 12.7 Å². The van der Waals surface area contributed by atoms with Crippen molar-refractivity contribution in [2.24, 2.45) is 5.92 Å². The molecule has 0 aromatic carbocycles. The van der Waals surface area contributed by atoms with Crippen molar-refractivity contribution in [2.45, 2.75) is 12.5 Å². The molecule has 1 aliphatic heterocycles. The first-order valence-corrected chi connectivity index (χ1v) is 8.19. The second-order valence-electron chi connectivity index (χ2n) is 6.44. The summed E-state index contributed by atoms with van der Waals surface area (Å²) in [5, 5.41) is 0. The quantitative estimate of drug-likeness (QED) is 0.790. The Kier molecular flexibility index (Phi) is 3.86. The fourth-order valence-electron chi connectivity index (χ4n) is 3.77. The third-order valence-electron chi connectivity index (χ3n) is 4.87. The number of hydrogen-bond donors (Lipinski definition) is 1. The molecule has 7 nitrogen and oxygen atoms in total. The first-order chi connectivity index (χ1) is 11.7. The maximum Gasteiger partial charge on any atom is 0.182 e. The third-order valence-corrected chi connectivity index (χ3v) is 4.87. The van der Waals surface area contributed by atoms with Crippen LogP contribution >= 0.6 is 0 Å². The smallest absolute Gasteiger partial charge is 0.182 e. The van der Waals surface area contributed by atoms with Crippen LogP contribution in [0.3, 0.4) is 0 Å². The molecule has 0 aliphatic carbocycles. The van der Waals surface area contributed by atoms with Crippen LogP contribution in [0.15, 0.2) is 37.2 Å². The van der Waals surface area contributed by atoms with Gasteiger partial charge in [-0.1, -0.05) is 6.07 Å². The van der Waals surface area contributed by atoms with Gasteiger partial charge in [-0.2, -0.15) is 0 Å². The zero-order valence-electron chi connectivity index (χ0n) is 13.9. The van der Waals surface area contributed by atoms with Gasteiger partial charge in [-0.05, 0) is 37.6 Å². The number of nitrogens with one attached hydrogen (secondary N) is 1. The van der Waals surface area contributed by atoms with Crippen molar-refractivity contribution in [3.63, 3.8) is 0 Å². The number of likely N-dealkylation sites (tertiary alicyclic amines) is 1. The third kappa shape index (κ3) is 2.60. The summed E-state index contributed by atoms with van der Waals surface area (Å²) in [7, 11) is 4.27. The van der Waals surface area contributed by atoms with Crippen molar-refractivity contribution in [1.29, 1.82) is 0 Å². The van der Waals surface area contributed by atoms with Crippen molar-refractivity contribution in [3.05, 3.63) is 42.7 Å². The van der Waals surface area contributed by atoms with Crippen molar-refractivity contribution < 1.29 is 0 Å². The predicted molar refractivity (Wildman–Crippen MR) is 92.7 cm³/mol. The van der Waals surface area contributed by atoms with E-state index in [-0.39, 0.29) is 0 Å². The molecule has 7 heteroatoms. The lowest BCUT2D eigenvalue weighted by molar-refractivity contribution is 0.278. The number of aromatic nitrogens is 5. The fourth-order valence-corrected chi connectivity index (χ4v) is 3.77. The maximum atomic E-state index is 4.46. The second-order valence-corrected chi connectivity index (χ2v) is 6.44. The van der Waals surface area contributed by atoms with Crippen LogP contribution in [0.1, 0.15) is 18.0 Å². The van der Waals surface area contributed by atoms with Gasteiger partial charge >= 0.3 is 0 Å². The Hall–Kier alpha value is -2.54. The van der Waals surface area contributed by atoms with Crippen LogP contribution in [0.2, 0.25) is 0 Å². The van der Waals surface area contributed by atoms with E-state index in [1.807, 2.05) is 18.5 Å². The summed E-state index contributed by atoms with van der Waals surface area (Å²) >= 11 is 0. The molecule has 4 rings (SSSR count). The van der Waals surface area contributed by atoms with Crippen molar-refractivity contribution in [3.8, 4) is 0 Å². The summed E-state index contributed by atoms with van der Waals surface area (Å²) in [6, 6.07) is 4.57. The Morgan fingerprint density at radius 1 is 1.33 bits per heavy atom. The summed E-state index contributed by atoms with van der Waals surface area (Å²) in [5.41, 5.74) is 2.88. The Morgan fingerprint density at radius 3 is 3.08 bits per heavy atom. The van der Waals surface area contributed by atoms with E-state index < -0.39 is 0 Å². The molecule has 0 unspecified atom stereocenters. The van der Waals surface area contributed by atoms with Crippen LogP contribution in [0.4, 0.5) is 5.82 Å². The molecule has 1 aliphatic rings. The summed E-state index contributed by atoms with van der Waals surface area (Å²) in [6.45, 7) is 2.02. The van der Waals surface area contributed by atoms with Crippen molar-refractivity contribution in [2.75, 3.05) is 32.1 Å². The van der Waals surface area contributed by atoms with Gasteiger partial charge in [0.2, 0.25) is 0 Å². The summed E-state index contributed by atoms with van der Waals surface area (Å²) in [6.07, 6.45) is 8.22. The lowest BCUT2D eigenvalue weighted by atomic mass is 9.94. The molecule has 3 aromatic rings. The largest absolute Gasteiger partial charge is 0.357 e. The predicted octanol–water partition coefficient (Wildman–Crippen LogP) is 1.88. The molecule has 1 fully saturated rings. The lowest BCUT2D eigenvalue weighted by Crippen LogP contribution is -2.30. The average Bonchev–Trinajstić information content (AvgIpc) is 3.22. The minimum absolute atomic E-state index is 0.389. The zero-order chi connectivity index (χ0) is 16.5. The highest BCUT2D eigenvalue weighted by atomic mass is 15.2. The highest BCUT2D eigenvalue weighted by Crippen LogP contribution is 2.36. The summed E-state index contributed by atoms with van der Waals surface area (Å²) < 4.78 is 0. The van der Waals surface area contributed by atoms with E-state index in [0.29, 0.717) is 17.6 Å². The van der Waals surface area contributed by atoms with Crippen molar-refractivity contribution >= 4 is 17.0 Å². The molecule has 1 N–H and O–H groups in total. The van der Waals surface area contributed by atoms with Crippen LogP contribution in [-0.4, -0.2) is 57.0 Å². The molecule has 4 heterocycles. The molecule has 3 aromatic heterocycles. The van der Waals surface area contributed by atoms with E-state index in [0.717, 1.165) is 30.8 Å². The van der Waals surface area contributed by atoms with E-state index in [1.165, 1.54) is 5.56 Å². The molecule has 0 spiro atoms. The van der Waals surface area contributed by atoms with Gasteiger partial charge in [-0.3, -0.25) is 9.88 Å². The van der Waals surface area contributed by atoms with Gasteiger partial charge in [-0.25, -0.2) is 15.0 Å². The van der Waals surface area contributed by atoms with Crippen LogP contribution in [0, 0.1) is 5.92 Å². The van der Waals surface area contributed by atoms with Crippen molar-refractivity contribution in [1.82, 2.24) is 29.8 Å². The fraction of sp³-hybridized carbons (Fsp3) is 0.412. The monoisotopic (exact) mass is 323 g/mol. The number of pyridine rings is 1. The Balaban J connectivity index is 1.59. The van der Waals surface area contributed by atoms with Crippen LogP contribution in [0.5, 0.6) is 0 Å². The Labute approximate surface area is 140 Å². The summed E-state index contributed by atoms with van der Waals surface area (Å²) in [5.74, 6) is 1.43. The van der Waals surface area contributed by atoms with Gasteiger partial charge in [0, 0.05) is 32.0 Å². The van der Waals surface area contributed by atoms with Gasteiger partial charge in [-0.15, -0.1) is 0 Å². The van der Waals surface area contributed by atoms with Gasteiger partial charge in [0.15, 0.2) is 11.5 Å². The van der Waals surface area contributed by atoms with Gasteiger partial charge < -0.3 is 9.88 Å². The first-order valence-electron chi connectivity index (χ1n) is 8.19. The minimum Gasteiger partial charge on any atom is -0.357 e. The molecule has 1 saturated heterocycles. The standard InChI is InChI=1S/C17H21N7/c1-23-7-5-13(15(23)12-4-3-6-18-8-12)9-24(2)17-14-16(20-10-19-14)21-11-22-17/h3-4,6,8,10-11,13,15H,5,7,9H2,1-2H3,(H,19,20,21,22)/t13-,15-/m0/s1. The lowest BCUT2D eigenvalue weighted by Gasteiger charge is -2.29. The molecule has 0 amide bonds. The van der Waals surface area contributed by atoms with E-state index in [2.05, 4.69) is 54.9 Å². The van der Waals surface area contributed by atoms with Gasteiger partial charge in [0.25, 0.3) is 0 Å². The Morgan fingerprint density at radius 2 is 2.25 bits per heavy atom. The number of imidazole rings is 1. The molecule has 124 valence electrons. The zero-order valence-corrected chi connectivity index (χ0v) is 13.9. The number of nitrogens with zero attached hydrogens (tertiary/aromatic N) is 6. The summed E-state index contributed by atoms with van der Waals surface area (Å²) in [4.78, 5) is 24.9. The number of H-pyrrole nitrogens is 1. The molecule has 0 bridgehead atoms. The highest BCUT2D eigenvalue weighted by molar-refractivity contribution is 5.82. The normalized spacial score (nSPS) is 21.4. The van der Waals surface area contributed by atoms with Gasteiger partial charge in [0.05, 0.1) is 6.33 Å². The molecule has 0 radical (unpaired) electrons. The van der Waals surface area contributed by atoms with E-state index in [4.69, 9.17) is 0 Å². The molecular weight excluding hydrogens is 302 g/mol. The first kappa shape index (κ1) is 15.0. The van der Waals surface area contributed by atoms with E-state index >= 15 is 0 Å². The van der Waals surface area contributed by atoms with Gasteiger partial charge in [0.1, 0.15) is 11.8 Å². The number of hydrogen-bond acceptors (Lipinski definition) is 6. The average molecular weight is 323 g/mol. The Bertz CT molecular complexity index is 816. The van der Waals surface area contributed by atoms with E-state index in [9.17, 15) is 0 Å². The maximum absolute atomic E-state index is 4.46. The SMILES string of the molecule is CN(C[C@@H]1CCN(C)[C@H]1c1cccnc1)c1ncnc2nc[nH]c12.